The summed E-state index contributed by atoms with van der Waals surface area (Å²) in [6.45, 7) is 6.50. The number of hydrogen-bond acceptors (Lipinski definition) is 5. The molecule has 4 rings (SSSR count). The van der Waals surface area contributed by atoms with Crippen molar-refractivity contribution in [1.82, 2.24) is 30.0 Å². The fourth-order valence-electron chi connectivity index (χ4n) is 5.03. The van der Waals surface area contributed by atoms with Crippen LogP contribution < -0.4 is 0 Å². The third-order valence-electron chi connectivity index (χ3n) is 6.32. The van der Waals surface area contributed by atoms with Gasteiger partial charge in [-0.3, -0.25) is 9.48 Å². The zero-order valence-corrected chi connectivity index (χ0v) is 15.0. The quantitative estimate of drug-likeness (QED) is 0.798. The fraction of sp³-hybridized carbons (Fsp3) is 0.706. The lowest BCUT2D eigenvalue weighted by Crippen LogP contribution is -2.52. The smallest absolute Gasteiger partial charge is 0.223 e. The molecule has 0 spiro atoms. The Morgan fingerprint density at radius 3 is 2.54 bits per heavy atom. The Hall–Kier alpha value is -2.05. The Kier molecular flexibility index (Phi) is 3.06. The van der Waals surface area contributed by atoms with E-state index in [2.05, 4.69) is 36.2 Å². The van der Waals surface area contributed by atoms with Gasteiger partial charge in [0, 0.05) is 29.9 Å². The highest BCUT2D eigenvalue weighted by Crippen LogP contribution is 2.56. The lowest BCUT2D eigenvalue weighted by molar-refractivity contribution is -0.137. The Balaban J connectivity index is 1.87. The molecular weight excluding hydrogens is 304 g/mol. The molecule has 0 unspecified atom stereocenters. The molecule has 7 nitrogen and oxygen atoms in total. The van der Waals surface area contributed by atoms with Crippen molar-refractivity contribution in [2.75, 3.05) is 0 Å². The number of tetrazole rings is 1. The van der Waals surface area contributed by atoms with Crippen LogP contribution >= 0.6 is 0 Å². The van der Waals surface area contributed by atoms with Crippen LogP contribution in [0.2, 0.25) is 0 Å². The number of carbonyl (C=O) groups is 1. The average Bonchev–Trinajstić information content (AvgIpc) is 3.07. The molecule has 7 heteroatoms. The summed E-state index contributed by atoms with van der Waals surface area (Å²) in [5.74, 6) is 1.35. The van der Waals surface area contributed by atoms with Gasteiger partial charge in [0.25, 0.3) is 0 Å². The third-order valence-corrected chi connectivity index (χ3v) is 6.32. The maximum atomic E-state index is 12.5. The van der Waals surface area contributed by atoms with Crippen molar-refractivity contribution in [2.24, 2.45) is 25.4 Å². The van der Waals surface area contributed by atoms with Gasteiger partial charge in [-0.2, -0.15) is 9.90 Å². The zero-order valence-electron chi connectivity index (χ0n) is 15.0. The van der Waals surface area contributed by atoms with Gasteiger partial charge in [-0.1, -0.05) is 20.8 Å². The molecule has 0 amide bonds. The molecule has 128 valence electrons. The first-order chi connectivity index (χ1) is 11.2. The maximum Gasteiger partial charge on any atom is 0.223 e. The SMILES string of the molecule is Cn1nnc(-c2c3c(nn2C)[C@@]2(C)CCC(=O)C(C)(C)[C@@H]2CC3)n1. The number of aryl methyl sites for hydroxylation is 2. The van der Waals surface area contributed by atoms with Crippen LogP contribution in [-0.2, 0) is 30.7 Å². The molecule has 2 aromatic rings. The average molecular weight is 328 g/mol. The van der Waals surface area contributed by atoms with E-state index in [0.717, 1.165) is 30.7 Å². The fourth-order valence-corrected chi connectivity index (χ4v) is 5.03. The van der Waals surface area contributed by atoms with E-state index in [9.17, 15) is 4.79 Å². The molecule has 0 N–H and O–H groups in total. The molecule has 24 heavy (non-hydrogen) atoms. The highest BCUT2D eigenvalue weighted by molar-refractivity contribution is 5.86. The highest BCUT2D eigenvalue weighted by atomic mass is 16.1. The molecule has 2 heterocycles. The molecule has 1 fully saturated rings. The second-order valence-electron chi connectivity index (χ2n) is 8.06. The van der Waals surface area contributed by atoms with Crippen LogP contribution in [0.3, 0.4) is 0 Å². The predicted molar refractivity (Wildman–Crippen MR) is 88.2 cm³/mol. The second-order valence-corrected chi connectivity index (χ2v) is 8.06. The van der Waals surface area contributed by atoms with Crippen LogP contribution in [0.1, 0.15) is 51.3 Å². The lowest BCUT2D eigenvalue weighted by atomic mass is 9.51. The van der Waals surface area contributed by atoms with Crippen molar-refractivity contribution >= 4 is 5.78 Å². The van der Waals surface area contributed by atoms with Crippen molar-refractivity contribution in [2.45, 2.75) is 51.9 Å². The summed E-state index contributed by atoms with van der Waals surface area (Å²) in [6.07, 6.45) is 3.42. The molecule has 2 aromatic heterocycles. The van der Waals surface area contributed by atoms with Gasteiger partial charge in [-0.25, -0.2) is 0 Å². The Bertz CT molecular complexity index is 832. The molecular formula is C17H24N6O. The van der Waals surface area contributed by atoms with Crippen LogP contribution in [0.15, 0.2) is 0 Å². The van der Waals surface area contributed by atoms with E-state index in [1.807, 2.05) is 11.7 Å². The van der Waals surface area contributed by atoms with Crippen LogP contribution in [-0.4, -0.2) is 35.8 Å². The van der Waals surface area contributed by atoms with Crippen LogP contribution in [0.25, 0.3) is 11.5 Å². The molecule has 0 bridgehead atoms. The highest BCUT2D eigenvalue weighted by Gasteiger charge is 2.55. The van der Waals surface area contributed by atoms with Crippen molar-refractivity contribution < 1.29 is 4.79 Å². The Morgan fingerprint density at radius 1 is 1.12 bits per heavy atom. The van der Waals surface area contributed by atoms with Gasteiger partial charge in [-0.05, 0) is 30.4 Å². The summed E-state index contributed by atoms with van der Waals surface area (Å²) in [5, 5.41) is 17.4. The topological polar surface area (TPSA) is 78.5 Å². The number of nitrogens with zero attached hydrogens (tertiary/aromatic N) is 6. The van der Waals surface area contributed by atoms with E-state index in [4.69, 9.17) is 5.10 Å². The van der Waals surface area contributed by atoms with E-state index >= 15 is 0 Å². The van der Waals surface area contributed by atoms with Crippen LogP contribution in [0.5, 0.6) is 0 Å². The van der Waals surface area contributed by atoms with Gasteiger partial charge >= 0.3 is 0 Å². The van der Waals surface area contributed by atoms with E-state index in [1.165, 1.54) is 10.4 Å². The number of carbonyl (C=O) groups excluding carboxylic acids is 1. The zero-order chi connectivity index (χ0) is 17.3. The maximum absolute atomic E-state index is 12.5. The standard InChI is InChI=1S/C17H24N6O/c1-16(2)11-7-6-10-13(15-18-21-23(5)20-15)22(4)19-14(10)17(11,3)9-8-12(16)24/h11H,6-9H2,1-5H3/t11-,17-/m0/s1. The van der Waals surface area contributed by atoms with E-state index in [-0.39, 0.29) is 10.8 Å². The molecule has 2 aliphatic rings. The summed E-state index contributed by atoms with van der Waals surface area (Å²) < 4.78 is 1.89. The normalized spacial score (nSPS) is 28.5. The largest absolute Gasteiger partial charge is 0.299 e. The van der Waals surface area contributed by atoms with Crippen molar-refractivity contribution in [1.29, 1.82) is 0 Å². The summed E-state index contributed by atoms with van der Waals surface area (Å²) in [4.78, 5) is 13.9. The third kappa shape index (κ3) is 1.87. The van der Waals surface area contributed by atoms with Gasteiger partial charge in [0.05, 0.1) is 12.7 Å². The van der Waals surface area contributed by atoms with Gasteiger partial charge < -0.3 is 0 Å². The van der Waals surface area contributed by atoms with E-state index in [0.29, 0.717) is 23.9 Å². The van der Waals surface area contributed by atoms with Gasteiger partial charge in [0.15, 0.2) is 0 Å². The second kappa shape index (κ2) is 4.74. The summed E-state index contributed by atoms with van der Waals surface area (Å²) in [5.41, 5.74) is 2.97. The minimum Gasteiger partial charge on any atom is -0.299 e. The molecule has 1 saturated carbocycles. The summed E-state index contributed by atoms with van der Waals surface area (Å²) >= 11 is 0. The molecule has 0 aliphatic heterocycles. The Morgan fingerprint density at radius 2 is 1.88 bits per heavy atom. The number of fused-ring (bicyclic) bond motifs is 3. The first kappa shape index (κ1) is 15.5. The predicted octanol–water partition coefficient (Wildman–Crippen LogP) is 1.82. The first-order valence-electron chi connectivity index (χ1n) is 8.59. The van der Waals surface area contributed by atoms with E-state index in [1.54, 1.807) is 7.05 Å². The monoisotopic (exact) mass is 328 g/mol. The minimum absolute atomic E-state index is 0.0663. The van der Waals surface area contributed by atoms with Crippen molar-refractivity contribution in [3.05, 3.63) is 11.3 Å². The molecule has 2 aliphatic carbocycles. The van der Waals surface area contributed by atoms with Gasteiger partial charge in [0.1, 0.15) is 11.5 Å². The number of rotatable bonds is 1. The number of ketones is 1. The van der Waals surface area contributed by atoms with Crippen LogP contribution in [0.4, 0.5) is 0 Å². The molecule has 0 aromatic carbocycles. The number of aromatic nitrogens is 6. The molecule has 2 atom stereocenters. The van der Waals surface area contributed by atoms with Crippen LogP contribution in [0, 0.1) is 11.3 Å². The summed E-state index contributed by atoms with van der Waals surface area (Å²) in [6, 6.07) is 0. The van der Waals surface area contributed by atoms with Crippen molar-refractivity contribution in [3.8, 4) is 11.5 Å². The molecule has 0 saturated heterocycles. The molecule has 0 radical (unpaired) electrons. The van der Waals surface area contributed by atoms with Crippen molar-refractivity contribution in [3.63, 3.8) is 0 Å². The summed E-state index contributed by atoms with van der Waals surface area (Å²) in [7, 11) is 3.72. The number of Topliss-reactive ketones (excluding diaryl/α,β-unsaturated/α-hetero) is 1. The van der Waals surface area contributed by atoms with Gasteiger partial charge in [-0.15, -0.1) is 10.2 Å². The Labute approximate surface area is 141 Å². The van der Waals surface area contributed by atoms with Gasteiger partial charge in [0.2, 0.25) is 5.82 Å². The minimum atomic E-state index is -0.285. The first-order valence-corrected chi connectivity index (χ1v) is 8.59. The van der Waals surface area contributed by atoms with E-state index < -0.39 is 0 Å². The lowest BCUT2D eigenvalue weighted by Gasteiger charge is -2.51. The number of hydrogen-bond donors (Lipinski definition) is 0.